The van der Waals surface area contributed by atoms with Gasteiger partial charge >= 0.3 is 12.1 Å². The lowest BCUT2D eigenvalue weighted by molar-refractivity contribution is -0.139. The normalized spacial score (nSPS) is 12.6. The Morgan fingerprint density at radius 2 is 1.72 bits per heavy atom. The van der Waals surface area contributed by atoms with E-state index in [1.54, 1.807) is 54.6 Å². The third-order valence-corrected chi connectivity index (χ3v) is 5.90. The number of nitrogens with two attached hydrogens (primary N) is 1. The monoisotopic (exact) mass is 458 g/mol. The summed E-state index contributed by atoms with van der Waals surface area (Å²) in [7, 11) is 0. The van der Waals surface area contributed by atoms with Crippen molar-refractivity contribution in [3.8, 4) is 0 Å². The predicted molar refractivity (Wildman–Crippen MR) is 117 cm³/mol. The lowest BCUT2D eigenvalue weighted by atomic mass is 10.0. The molecule has 0 radical (unpaired) electrons. The van der Waals surface area contributed by atoms with Crippen LogP contribution in [0, 0.1) is 11.6 Å². The molecule has 0 fully saturated rings. The smallest absolute Gasteiger partial charge is 0.408 e. The third kappa shape index (κ3) is 5.98. The first kappa shape index (κ1) is 23.1. The summed E-state index contributed by atoms with van der Waals surface area (Å²) in [6, 6.07) is 16.5. The Kier molecular flexibility index (Phi) is 7.67. The Morgan fingerprint density at radius 3 is 2.41 bits per heavy atom. The van der Waals surface area contributed by atoms with Gasteiger partial charge in [0.05, 0.1) is 5.25 Å². The van der Waals surface area contributed by atoms with Crippen LogP contribution < -0.4 is 11.1 Å². The Balaban J connectivity index is 1.88. The predicted octanol–water partition coefficient (Wildman–Crippen LogP) is 4.76. The average Bonchev–Trinajstić information content (AvgIpc) is 2.78. The topological polar surface area (TPSA) is 102 Å². The van der Waals surface area contributed by atoms with E-state index >= 15 is 0 Å². The molecule has 32 heavy (non-hydrogen) atoms. The van der Waals surface area contributed by atoms with Crippen molar-refractivity contribution in [3.63, 3.8) is 0 Å². The summed E-state index contributed by atoms with van der Waals surface area (Å²) in [5, 5.41) is 10.8. The molecule has 2 atom stereocenters. The lowest BCUT2D eigenvalue weighted by Crippen LogP contribution is -2.44. The Hall–Kier alpha value is -3.59. The number of para-hydroxylation sites is 1. The molecule has 0 bridgehead atoms. The second-order valence-electron chi connectivity index (χ2n) is 6.76. The van der Waals surface area contributed by atoms with Crippen LogP contribution in [0.1, 0.15) is 16.4 Å². The van der Waals surface area contributed by atoms with Crippen LogP contribution >= 0.6 is 11.8 Å². The van der Waals surface area contributed by atoms with Crippen LogP contribution in [0.4, 0.5) is 19.3 Å². The number of hydrogen-bond donors (Lipinski definition) is 3. The number of carboxylic acids is 1. The van der Waals surface area contributed by atoms with Crippen LogP contribution in [0.25, 0.3) is 0 Å². The van der Waals surface area contributed by atoms with E-state index in [9.17, 15) is 23.5 Å². The number of thioether (sulfide) groups is 1. The first-order valence-corrected chi connectivity index (χ1v) is 10.4. The number of aliphatic carboxylic acids is 1. The molecule has 166 valence electrons. The number of hydrogen-bond acceptors (Lipinski definition) is 5. The zero-order valence-electron chi connectivity index (χ0n) is 16.7. The van der Waals surface area contributed by atoms with Crippen molar-refractivity contribution in [3.05, 3.63) is 95.6 Å². The van der Waals surface area contributed by atoms with E-state index in [1.165, 1.54) is 0 Å². The van der Waals surface area contributed by atoms with Crippen LogP contribution in [0.15, 0.2) is 77.7 Å². The van der Waals surface area contributed by atoms with Gasteiger partial charge in [-0.05, 0) is 35.9 Å². The van der Waals surface area contributed by atoms with E-state index in [2.05, 4.69) is 5.32 Å². The van der Waals surface area contributed by atoms with Gasteiger partial charge in [-0.2, -0.15) is 0 Å². The van der Waals surface area contributed by atoms with Crippen molar-refractivity contribution in [2.45, 2.75) is 22.8 Å². The van der Waals surface area contributed by atoms with Crippen LogP contribution in [0.3, 0.4) is 0 Å². The van der Waals surface area contributed by atoms with Gasteiger partial charge in [0.15, 0.2) is 0 Å². The molecule has 4 N–H and O–H groups in total. The molecule has 0 aliphatic heterocycles. The SMILES string of the molecule is Nc1ccccc1SC(c1cc(F)ccc1F)[C@H](NC(=O)OCc1ccccc1)C(=O)O. The summed E-state index contributed by atoms with van der Waals surface area (Å²) in [5.74, 6) is -3.01. The molecule has 0 heterocycles. The minimum absolute atomic E-state index is 0.0865. The van der Waals surface area contributed by atoms with E-state index in [0.29, 0.717) is 16.1 Å². The van der Waals surface area contributed by atoms with Gasteiger partial charge in [-0.1, -0.05) is 42.5 Å². The van der Waals surface area contributed by atoms with Crippen LogP contribution in [0.2, 0.25) is 0 Å². The highest BCUT2D eigenvalue weighted by Crippen LogP contribution is 2.41. The summed E-state index contributed by atoms with van der Waals surface area (Å²) in [6.07, 6.45) is -1.01. The van der Waals surface area contributed by atoms with E-state index < -0.39 is 35.0 Å². The van der Waals surface area contributed by atoms with E-state index in [0.717, 1.165) is 30.0 Å². The number of amides is 1. The minimum atomic E-state index is -1.64. The molecule has 1 unspecified atom stereocenters. The van der Waals surface area contributed by atoms with Crippen LogP contribution in [-0.4, -0.2) is 23.2 Å². The second kappa shape index (κ2) is 10.6. The molecule has 0 spiro atoms. The highest BCUT2D eigenvalue weighted by Gasteiger charge is 2.35. The van der Waals surface area contributed by atoms with Gasteiger partial charge in [0.2, 0.25) is 0 Å². The van der Waals surface area contributed by atoms with Crippen molar-refractivity contribution < 1.29 is 28.2 Å². The number of halogens is 2. The summed E-state index contributed by atoms with van der Waals surface area (Å²) in [5.41, 5.74) is 6.76. The molecule has 3 aromatic rings. The molecule has 0 aromatic heterocycles. The number of alkyl carbamates (subject to hydrolysis) is 1. The van der Waals surface area contributed by atoms with E-state index in [4.69, 9.17) is 10.5 Å². The standard InChI is InChI=1S/C23H20F2N2O4S/c24-15-10-11-17(25)16(12-15)21(32-19-9-5-4-8-18(19)26)20(22(28)29)27-23(30)31-13-14-6-2-1-3-7-14/h1-12,20-21H,13,26H2,(H,27,30)(H,28,29)/t20-,21?/m0/s1. The molecule has 3 aromatic carbocycles. The fourth-order valence-corrected chi connectivity index (χ4v) is 4.19. The Bertz CT molecular complexity index is 1100. The van der Waals surface area contributed by atoms with E-state index in [-0.39, 0.29) is 12.2 Å². The number of anilines is 1. The number of ether oxygens (including phenoxy) is 1. The summed E-state index contributed by atoms with van der Waals surface area (Å²) in [6.45, 7) is -0.0865. The van der Waals surface area contributed by atoms with Gasteiger partial charge in [-0.15, -0.1) is 11.8 Å². The van der Waals surface area contributed by atoms with Crippen molar-refractivity contribution in [2.75, 3.05) is 5.73 Å². The fraction of sp³-hybridized carbons (Fsp3) is 0.130. The number of carbonyl (C=O) groups excluding carboxylic acids is 1. The maximum Gasteiger partial charge on any atom is 0.408 e. The molecule has 0 aliphatic rings. The zero-order chi connectivity index (χ0) is 23.1. The van der Waals surface area contributed by atoms with Crippen LogP contribution in [-0.2, 0) is 16.1 Å². The number of carbonyl (C=O) groups is 2. The summed E-state index contributed by atoms with van der Waals surface area (Å²) >= 11 is 0.901. The maximum atomic E-state index is 14.6. The van der Waals surface area contributed by atoms with Gasteiger partial charge in [-0.3, -0.25) is 0 Å². The average molecular weight is 458 g/mol. The lowest BCUT2D eigenvalue weighted by Gasteiger charge is -2.25. The molecule has 0 saturated carbocycles. The molecular formula is C23H20F2N2O4S. The van der Waals surface area contributed by atoms with Crippen molar-refractivity contribution in [1.82, 2.24) is 5.32 Å². The maximum absolute atomic E-state index is 14.6. The van der Waals surface area contributed by atoms with Gasteiger partial charge < -0.3 is 20.9 Å². The Morgan fingerprint density at radius 1 is 1.03 bits per heavy atom. The number of nitrogen functional groups attached to an aromatic ring is 1. The minimum Gasteiger partial charge on any atom is -0.480 e. The molecule has 3 rings (SSSR count). The van der Waals surface area contributed by atoms with Gasteiger partial charge in [-0.25, -0.2) is 18.4 Å². The highest BCUT2D eigenvalue weighted by molar-refractivity contribution is 7.99. The first-order chi connectivity index (χ1) is 15.3. The first-order valence-electron chi connectivity index (χ1n) is 9.51. The number of rotatable bonds is 8. The van der Waals surface area contributed by atoms with Gasteiger partial charge in [0.1, 0.15) is 24.3 Å². The number of carboxylic acid groups (broad SMARTS) is 1. The fourth-order valence-electron chi connectivity index (χ4n) is 2.93. The second-order valence-corrected chi connectivity index (χ2v) is 7.95. The molecule has 1 amide bonds. The summed E-state index contributed by atoms with van der Waals surface area (Å²) < 4.78 is 33.6. The number of nitrogens with one attached hydrogen (secondary N) is 1. The third-order valence-electron chi connectivity index (χ3n) is 4.49. The van der Waals surface area contributed by atoms with E-state index in [1.807, 2.05) is 0 Å². The van der Waals surface area contributed by atoms with Crippen LogP contribution in [0.5, 0.6) is 0 Å². The van der Waals surface area contributed by atoms with Gasteiger partial charge in [0.25, 0.3) is 0 Å². The number of benzene rings is 3. The van der Waals surface area contributed by atoms with Crippen molar-refractivity contribution >= 4 is 29.5 Å². The molecule has 9 heteroatoms. The molecule has 0 saturated heterocycles. The molecule has 0 aliphatic carbocycles. The Labute approximate surface area is 187 Å². The largest absolute Gasteiger partial charge is 0.480 e. The van der Waals surface area contributed by atoms with Crippen molar-refractivity contribution in [2.24, 2.45) is 0 Å². The highest BCUT2D eigenvalue weighted by atomic mass is 32.2. The quantitative estimate of drug-likeness (QED) is 0.332. The van der Waals surface area contributed by atoms with Gasteiger partial charge in [0, 0.05) is 16.1 Å². The van der Waals surface area contributed by atoms with Crippen molar-refractivity contribution in [1.29, 1.82) is 0 Å². The summed E-state index contributed by atoms with van der Waals surface area (Å²) in [4.78, 5) is 24.9. The zero-order valence-corrected chi connectivity index (χ0v) is 17.5. The molecular weight excluding hydrogens is 438 g/mol. The molecule has 6 nitrogen and oxygen atoms in total.